The predicted octanol–water partition coefficient (Wildman–Crippen LogP) is 4.49. The van der Waals surface area contributed by atoms with Crippen LogP contribution in [0.1, 0.15) is 30.2 Å². The molecule has 0 spiro atoms. The fourth-order valence-electron chi connectivity index (χ4n) is 2.47. The fourth-order valence-corrected chi connectivity index (χ4v) is 3.27. The Morgan fingerprint density at radius 3 is 2.68 bits per heavy atom. The third-order valence-corrected chi connectivity index (χ3v) is 4.35. The number of nitrogens with zero attached hydrogens (tertiary/aromatic N) is 1. The Labute approximate surface area is 130 Å². The van der Waals surface area contributed by atoms with Crippen LogP contribution in [0.15, 0.2) is 35.7 Å². The van der Waals surface area contributed by atoms with Gasteiger partial charge in [-0.15, -0.1) is 11.3 Å². The molecule has 2 aromatic rings. The molecule has 1 aromatic heterocycles. The molecule has 1 aliphatic rings. The number of thiazole rings is 1. The van der Waals surface area contributed by atoms with Crippen LogP contribution in [-0.2, 0) is 10.9 Å². The summed E-state index contributed by atoms with van der Waals surface area (Å²) in [6.07, 6.45) is -2.96. The van der Waals surface area contributed by atoms with Gasteiger partial charge in [0, 0.05) is 18.0 Å². The first kappa shape index (κ1) is 15.3. The van der Waals surface area contributed by atoms with Crippen molar-refractivity contribution in [2.45, 2.75) is 31.2 Å². The second kappa shape index (κ2) is 6.26. The van der Waals surface area contributed by atoms with Crippen molar-refractivity contribution in [1.82, 2.24) is 4.98 Å². The average Bonchev–Trinajstić information content (AvgIpc) is 2.97. The van der Waals surface area contributed by atoms with Gasteiger partial charge in [-0.1, -0.05) is 30.3 Å². The van der Waals surface area contributed by atoms with Gasteiger partial charge in [-0.25, -0.2) is 4.98 Å². The van der Waals surface area contributed by atoms with Crippen molar-refractivity contribution in [3.8, 4) is 0 Å². The van der Waals surface area contributed by atoms with E-state index in [4.69, 9.17) is 4.74 Å². The highest BCUT2D eigenvalue weighted by atomic mass is 32.1. The highest BCUT2D eigenvalue weighted by molar-refractivity contribution is 7.13. The van der Waals surface area contributed by atoms with Gasteiger partial charge in [0.15, 0.2) is 10.8 Å². The predicted molar refractivity (Wildman–Crippen MR) is 78.9 cm³/mol. The molecule has 1 saturated heterocycles. The van der Waals surface area contributed by atoms with Gasteiger partial charge in [-0.2, -0.15) is 13.2 Å². The van der Waals surface area contributed by atoms with Crippen molar-refractivity contribution < 1.29 is 17.9 Å². The highest BCUT2D eigenvalue weighted by Crippen LogP contribution is 2.34. The molecule has 1 aromatic carbocycles. The minimum atomic E-state index is -4.39. The summed E-state index contributed by atoms with van der Waals surface area (Å²) >= 11 is 0.984. The maximum absolute atomic E-state index is 12.6. The third-order valence-electron chi connectivity index (χ3n) is 3.58. The second-order valence-corrected chi connectivity index (χ2v) is 6.03. The normalized spacial score (nSPS) is 22.5. The summed E-state index contributed by atoms with van der Waals surface area (Å²) in [5, 5.41) is 4.45. The maximum atomic E-state index is 12.6. The fraction of sp³-hybridized carbons (Fsp3) is 0.400. The number of anilines is 1. The maximum Gasteiger partial charge on any atom is 0.434 e. The Balaban J connectivity index is 1.64. The Hall–Kier alpha value is -1.60. The average molecular weight is 328 g/mol. The summed E-state index contributed by atoms with van der Waals surface area (Å²) in [6, 6.07) is 9.90. The first-order valence-electron chi connectivity index (χ1n) is 6.98. The van der Waals surface area contributed by atoms with E-state index in [9.17, 15) is 13.2 Å². The van der Waals surface area contributed by atoms with E-state index < -0.39 is 11.9 Å². The highest BCUT2D eigenvalue weighted by Gasteiger charge is 2.34. The van der Waals surface area contributed by atoms with Gasteiger partial charge >= 0.3 is 6.18 Å². The molecule has 2 atom stereocenters. The molecule has 1 fully saturated rings. The molecule has 2 unspecified atom stereocenters. The van der Waals surface area contributed by atoms with E-state index in [1.807, 2.05) is 30.3 Å². The number of hydrogen-bond acceptors (Lipinski definition) is 4. The van der Waals surface area contributed by atoms with E-state index in [-0.39, 0.29) is 12.1 Å². The van der Waals surface area contributed by atoms with Crippen LogP contribution >= 0.6 is 11.3 Å². The van der Waals surface area contributed by atoms with Crippen molar-refractivity contribution in [3.63, 3.8) is 0 Å². The van der Waals surface area contributed by atoms with Crippen molar-refractivity contribution in [1.29, 1.82) is 0 Å². The molecule has 0 amide bonds. The Morgan fingerprint density at radius 1 is 1.23 bits per heavy atom. The lowest BCUT2D eigenvalue weighted by Gasteiger charge is -2.30. The molecule has 0 bridgehead atoms. The zero-order valence-corrected chi connectivity index (χ0v) is 12.5. The number of hydrogen-bond donors (Lipinski definition) is 1. The summed E-state index contributed by atoms with van der Waals surface area (Å²) in [6.45, 7) is 0.578. The molecular formula is C15H15F3N2OS. The van der Waals surface area contributed by atoms with E-state index in [1.165, 1.54) is 0 Å². The monoisotopic (exact) mass is 328 g/mol. The third kappa shape index (κ3) is 3.59. The van der Waals surface area contributed by atoms with Gasteiger partial charge in [0.25, 0.3) is 0 Å². The van der Waals surface area contributed by atoms with E-state index >= 15 is 0 Å². The molecule has 1 aliphatic heterocycles. The minimum Gasteiger partial charge on any atom is -0.373 e. The lowest BCUT2D eigenvalue weighted by atomic mass is 9.98. The topological polar surface area (TPSA) is 34.1 Å². The Morgan fingerprint density at radius 2 is 2.00 bits per heavy atom. The van der Waals surface area contributed by atoms with Crippen LogP contribution < -0.4 is 5.32 Å². The molecule has 0 radical (unpaired) electrons. The van der Waals surface area contributed by atoms with Crippen LogP contribution in [0.3, 0.4) is 0 Å². The summed E-state index contributed by atoms with van der Waals surface area (Å²) in [4.78, 5) is 3.61. The molecule has 7 heteroatoms. The van der Waals surface area contributed by atoms with E-state index in [0.29, 0.717) is 18.2 Å². The van der Waals surface area contributed by atoms with Crippen LogP contribution in [0.4, 0.5) is 18.3 Å². The zero-order valence-electron chi connectivity index (χ0n) is 11.6. The second-order valence-electron chi connectivity index (χ2n) is 5.17. The summed E-state index contributed by atoms with van der Waals surface area (Å²) in [5.74, 6) is 0. The van der Waals surface area contributed by atoms with Crippen LogP contribution in [0, 0.1) is 0 Å². The molecule has 22 heavy (non-hydrogen) atoms. The van der Waals surface area contributed by atoms with E-state index in [1.54, 1.807) is 0 Å². The number of benzene rings is 1. The molecule has 0 saturated carbocycles. The SMILES string of the molecule is FC(F)(F)c1csc(NC2CCOC(c3ccccc3)C2)n1. The molecular weight excluding hydrogens is 313 g/mol. The van der Waals surface area contributed by atoms with Crippen molar-refractivity contribution in [2.24, 2.45) is 0 Å². The summed E-state index contributed by atoms with van der Waals surface area (Å²) in [5.41, 5.74) is 0.246. The van der Waals surface area contributed by atoms with Gasteiger partial charge in [-0.05, 0) is 18.4 Å². The number of aromatic nitrogens is 1. The van der Waals surface area contributed by atoms with Crippen molar-refractivity contribution in [3.05, 3.63) is 47.0 Å². The van der Waals surface area contributed by atoms with Crippen LogP contribution in [0.25, 0.3) is 0 Å². The Bertz CT molecular complexity index is 615. The van der Waals surface area contributed by atoms with Gasteiger partial charge in [0.2, 0.25) is 0 Å². The van der Waals surface area contributed by atoms with E-state index in [2.05, 4.69) is 10.3 Å². The number of halogens is 3. The first-order chi connectivity index (χ1) is 10.5. The van der Waals surface area contributed by atoms with Gasteiger partial charge in [0.05, 0.1) is 6.10 Å². The number of nitrogens with one attached hydrogen (secondary N) is 1. The van der Waals surface area contributed by atoms with Crippen LogP contribution in [-0.4, -0.2) is 17.6 Å². The van der Waals surface area contributed by atoms with Gasteiger partial charge in [-0.3, -0.25) is 0 Å². The van der Waals surface area contributed by atoms with Crippen LogP contribution in [0.5, 0.6) is 0 Å². The summed E-state index contributed by atoms with van der Waals surface area (Å²) in [7, 11) is 0. The Kier molecular flexibility index (Phi) is 4.35. The zero-order chi connectivity index (χ0) is 15.6. The van der Waals surface area contributed by atoms with E-state index in [0.717, 1.165) is 28.7 Å². The molecule has 2 heterocycles. The number of rotatable bonds is 3. The van der Waals surface area contributed by atoms with Crippen molar-refractivity contribution >= 4 is 16.5 Å². The minimum absolute atomic E-state index is 0.0329. The molecule has 3 nitrogen and oxygen atoms in total. The van der Waals surface area contributed by atoms with Crippen molar-refractivity contribution in [2.75, 3.05) is 11.9 Å². The quantitative estimate of drug-likeness (QED) is 0.901. The largest absolute Gasteiger partial charge is 0.434 e. The molecule has 1 N–H and O–H groups in total. The van der Waals surface area contributed by atoms with Gasteiger partial charge in [0.1, 0.15) is 0 Å². The number of alkyl halides is 3. The lowest BCUT2D eigenvalue weighted by molar-refractivity contribution is -0.140. The first-order valence-corrected chi connectivity index (χ1v) is 7.86. The molecule has 118 valence electrons. The number of ether oxygens (including phenoxy) is 1. The van der Waals surface area contributed by atoms with Gasteiger partial charge < -0.3 is 10.1 Å². The smallest absolute Gasteiger partial charge is 0.373 e. The lowest BCUT2D eigenvalue weighted by Crippen LogP contribution is -2.30. The van der Waals surface area contributed by atoms with Crippen LogP contribution in [0.2, 0.25) is 0 Å². The molecule has 0 aliphatic carbocycles. The molecule has 3 rings (SSSR count). The standard InChI is InChI=1S/C15H15F3N2OS/c16-15(17,18)13-9-22-14(20-13)19-11-6-7-21-12(8-11)10-4-2-1-3-5-10/h1-5,9,11-12H,6-8H2,(H,19,20). The summed E-state index contributed by atoms with van der Waals surface area (Å²) < 4.78 is 43.4.